The van der Waals surface area contributed by atoms with Crippen molar-refractivity contribution < 1.29 is 13.6 Å². The summed E-state index contributed by atoms with van der Waals surface area (Å²) < 4.78 is 26.2. The molecular weight excluding hydrogens is 306 g/mol. The number of benzene rings is 1. The second kappa shape index (κ2) is 6.87. The van der Waals surface area contributed by atoms with Crippen molar-refractivity contribution >= 4 is 17.4 Å². The SMILES string of the molecule is Cc1ccc(CNC(=O)N(C)C(C)c2ccc(F)c(F)c2)s1. The van der Waals surface area contributed by atoms with Gasteiger partial charge in [0.2, 0.25) is 0 Å². The van der Waals surface area contributed by atoms with Gasteiger partial charge in [0.25, 0.3) is 0 Å². The van der Waals surface area contributed by atoms with E-state index in [-0.39, 0.29) is 12.1 Å². The van der Waals surface area contributed by atoms with Gasteiger partial charge in [0, 0.05) is 16.8 Å². The topological polar surface area (TPSA) is 32.3 Å². The van der Waals surface area contributed by atoms with Crippen molar-refractivity contribution in [1.29, 1.82) is 0 Å². The van der Waals surface area contributed by atoms with E-state index in [4.69, 9.17) is 0 Å². The summed E-state index contributed by atoms with van der Waals surface area (Å²) in [5, 5.41) is 2.82. The van der Waals surface area contributed by atoms with Crippen molar-refractivity contribution in [2.75, 3.05) is 7.05 Å². The summed E-state index contributed by atoms with van der Waals surface area (Å²) in [7, 11) is 1.63. The minimum Gasteiger partial charge on any atom is -0.333 e. The zero-order valence-corrected chi connectivity index (χ0v) is 13.5. The van der Waals surface area contributed by atoms with Crippen molar-refractivity contribution in [3.05, 3.63) is 57.3 Å². The van der Waals surface area contributed by atoms with Crippen molar-refractivity contribution in [3.63, 3.8) is 0 Å². The number of carbonyl (C=O) groups excluding carboxylic acids is 1. The Bertz CT molecular complexity index is 672. The Morgan fingerprint density at radius 3 is 2.59 bits per heavy atom. The van der Waals surface area contributed by atoms with Gasteiger partial charge in [-0.2, -0.15) is 0 Å². The van der Waals surface area contributed by atoms with Crippen LogP contribution in [0.4, 0.5) is 13.6 Å². The third-order valence-electron chi connectivity index (χ3n) is 3.54. The number of rotatable bonds is 4. The molecule has 0 bridgehead atoms. The quantitative estimate of drug-likeness (QED) is 0.896. The van der Waals surface area contributed by atoms with E-state index in [2.05, 4.69) is 5.32 Å². The summed E-state index contributed by atoms with van der Waals surface area (Å²) >= 11 is 1.63. The average molecular weight is 324 g/mol. The minimum absolute atomic E-state index is 0.261. The summed E-state index contributed by atoms with van der Waals surface area (Å²) in [4.78, 5) is 15.9. The Morgan fingerprint density at radius 1 is 1.27 bits per heavy atom. The fraction of sp³-hybridized carbons (Fsp3) is 0.312. The normalized spacial score (nSPS) is 12.0. The molecule has 0 aliphatic carbocycles. The second-order valence-electron chi connectivity index (χ2n) is 5.13. The molecule has 2 aromatic rings. The molecule has 0 aliphatic heterocycles. The van der Waals surface area contributed by atoms with Crippen LogP contribution in [0.3, 0.4) is 0 Å². The van der Waals surface area contributed by atoms with E-state index < -0.39 is 11.6 Å². The van der Waals surface area contributed by atoms with Crippen LogP contribution in [0.25, 0.3) is 0 Å². The summed E-state index contributed by atoms with van der Waals surface area (Å²) in [6.45, 7) is 4.22. The van der Waals surface area contributed by atoms with Crippen molar-refractivity contribution in [1.82, 2.24) is 10.2 Å². The molecule has 0 aliphatic rings. The Morgan fingerprint density at radius 2 is 2.00 bits per heavy atom. The molecule has 1 aromatic heterocycles. The molecule has 6 heteroatoms. The fourth-order valence-electron chi connectivity index (χ4n) is 2.04. The summed E-state index contributed by atoms with van der Waals surface area (Å²) in [6.07, 6.45) is 0. The maximum atomic E-state index is 13.3. The maximum Gasteiger partial charge on any atom is 0.317 e. The number of thiophene rings is 1. The van der Waals surface area contributed by atoms with Gasteiger partial charge in [-0.05, 0) is 43.7 Å². The third-order valence-corrected chi connectivity index (χ3v) is 4.54. The second-order valence-corrected chi connectivity index (χ2v) is 6.50. The Labute approximate surface area is 132 Å². The number of hydrogen-bond acceptors (Lipinski definition) is 2. The lowest BCUT2D eigenvalue weighted by Crippen LogP contribution is -2.38. The molecule has 1 aromatic carbocycles. The van der Waals surface area contributed by atoms with Gasteiger partial charge >= 0.3 is 6.03 Å². The van der Waals surface area contributed by atoms with E-state index >= 15 is 0 Å². The number of nitrogens with one attached hydrogen (secondary N) is 1. The first-order valence-electron chi connectivity index (χ1n) is 6.89. The smallest absolute Gasteiger partial charge is 0.317 e. The fourth-order valence-corrected chi connectivity index (χ4v) is 2.87. The van der Waals surface area contributed by atoms with Crippen LogP contribution in [0.2, 0.25) is 0 Å². The van der Waals surface area contributed by atoms with Crippen LogP contribution in [-0.2, 0) is 6.54 Å². The lowest BCUT2D eigenvalue weighted by molar-refractivity contribution is 0.194. The first-order chi connectivity index (χ1) is 10.4. The predicted molar refractivity (Wildman–Crippen MR) is 83.8 cm³/mol. The van der Waals surface area contributed by atoms with Gasteiger partial charge < -0.3 is 10.2 Å². The number of halogens is 2. The molecule has 1 N–H and O–H groups in total. The third kappa shape index (κ3) is 3.82. The van der Waals surface area contributed by atoms with E-state index in [0.29, 0.717) is 12.1 Å². The molecule has 3 nitrogen and oxygen atoms in total. The molecule has 118 valence electrons. The summed E-state index contributed by atoms with van der Waals surface area (Å²) in [6, 6.07) is 7.02. The highest BCUT2D eigenvalue weighted by Crippen LogP contribution is 2.21. The highest BCUT2D eigenvalue weighted by atomic mass is 32.1. The first-order valence-corrected chi connectivity index (χ1v) is 7.71. The lowest BCUT2D eigenvalue weighted by Gasteiger charge is -2.25. The minimum atomic E-state index is -0.910. The van der Waals surface area contributed by atoms with Crippen molar-refractivity contribution in [3.8, 4) is 0 Å². The zero-order chi connectivity index (χ0) is 16.3. The molecular formula is C16H18F2N2OS. The Kier molecular flexibility index (Phi) is 5.13. The molecule has 22 heavy (non-hydrogen) atoms. The van der Waals surface area contributed by atoms with Crippen molar-refractivity contribution in [2.45, 2.75) is 26.4 Å². The molecule has 2 amide bonds. The van der Waals surface area contributed by atoms with Crippen molar-refractivity contribution in [2.24, 2.45) is 0 Å². The Balaban J connectivity index is 1.98. The van der Waals surface area contributed by atoms with E-state index in [0.717, 1.165) is 17.0 Å². The molecule has 1 heterocycles. The first kappa shape index (κ1) is 16.4. The van der Waals surface area contributed by atoms with Gasteiger partial charge in [0.15, 0.2) is 11.6 Å². The number of urea groups is 1. The highest BCUT2D eigenvalue weighted by Gasteiger charge is 2.18. The molecule has 0 spiro atoms. The van der Waals surface area contributed by atoms with Crippen LogP contribution < -0.4 is 5.32 Å². The van der Waals surface area contributed by atoms with Gasteiger partial charge in [-0.1, -0.05) is 6.07 Å². The molecule has 0 saturated heterocycles. The van der Waals surface area contributed by atoms with Crippen LogP contribution >= 0.6 is 11.3 Å². The Hall–Kier alpha value is -1.95. The standard InChI is InChI=1S/C16H18F2N2OS/c1-10-4-6-13(22-10)9-19-16(21)20(3)11(2)12-5-7-14(17)15(18)8-12/h4-8,11H,9H2,1-3H3,(H,19,21). The van der Waals surface area contributed by atoms with Gasteiger partial charge in [-0.15, -0.1) is 11.3 Å². The summed E-state index contributed by atoms with van der Waals surface area (Å²) in [5.74, 6) is -1.80. The van der Waals surface area contributed by atoms with E-state index in [1.165, 1.54) is 15.8 Å². The number of amides is 2. The molecule has 1 atom stereocenters. The molecule has 0 saturated carbocycles. The van der Waals surface area contributed by atoms with Gasteiger partial charge in [-0.25, -0.2) is 13.6 Å². The zero-order valence-electron chi connectivity index (χ0n) is 12.7. The van der Waals surface area contributed by atoms with Crippen LogP contribution in [0, 0.1) is 18.6 Å². The van der Waals surface area contributed by atoms with E-state index in [1.807, 2.05) is 19.1 Å². The summed E-state index contributed by atoms with van der Waals surface area (Å²) in [5.41, 5.74) is 0.545. The molecule has 0 radical (unpaired) electrons. The van der Waals surface area contributed by atoms with E-state index in [1.54, 1.807) is 25.3 Å². The highest BCUT2D eigenvalue weighted by molar-refractivity contribution is 7.11. The number of hydrogen-bond donors (Lipinski definition) is 1. The largest absolute Gasteiger partial charge is 0.333 e. The van der Waals surface area contributed by atoms with Crippen LogP contribution in [0.1, 0.15) is 28.3 Å². The van der Waals surface area contributed by atoms with Crippen LogP contribution in [-0.4, -0.2) is 18.0 Å². The van der Waals surface area contributed by atoms with Crippen LogP contribution in [0.5, 0.6) is 0 Å². The number of aryl methyl sites for hydroxylation is 1. The molecule has 2 rings (SSSR count). The molecule has 0 fully saturated rings. The number of carbonyl (C=O) groups is 1. The van der Waals surface area contributed by atoms with E-state index in [9.17, 15) is 13.6 Å². The van der Waals surface area contributed by atoms with Gasteiger partial charge in [0.05, 0.1) is 12.6 Å². The average Bonchev–Trinajstić information content (AvgIpc) is 2.91. The lowest BCUT2D eigenvalue weighted by atomic mass is 10.1. The predicted octanol–water partition coefficient (Wildman–Crippen LogP) is 4.24. The monoisotopic (exact) mass is 324 g/mol. The number of nitrogens with zero attached hydrogens (tertiary/aromatic N) is 1. The molecule has 1 unspecified atom stereocenters. The van der Waals surface area contributed by atoms with Gasteiger partial charge in [-0.3, -0.25) is 0 Å². The van der Waals surface area contributed by atoms with Gasteiger partial charge in [0.1, 0.15) is 0 Å². The van der Waals surface area contributed by atoms with Crippen LogP contribution in [0.15, 0.2) is 30.3 Å². The maximum absolute atomic E-state index is 13.3.